The highest BCUT2D eigenvalue weighted by Crippen LogP contribution is 2.25. The fourth-order valence-corrected chi connectivity index (χ4v) is 3.30. The van der Waals surface area contributed by atoms with Crippen molar-refractivity contribution in [2.75, 3.05) is 0 Å². The quantitative estimate of drug-likeness (QED) is 0.764. The molecule has 134 valence electrons. The van der Waals surface area contributed by atoms with Crippen LogP contribution in [0, 0.1) is 0 Å². The van der Waals surface area contributed by atoms with E-state index in [2.05, 4.69) is 4.98 Å². The van der Waals surface area contributed by atoms with Gasteiger partial charge in [-0.2, -0.15) is 0 Å². The molecule has 0 atom stereocenters. The molecule has 1 aromatic carbocycles. The van der Waals surface area contributed by atoms with Crippen LogP contribution in [-0.2, 0) is 19.6 Å². The first-order valence-corrected chi connectivity index (χ1v) is 8.88. The summed E-state index contributed by atoms with van der Waals surface area (Å²) in [6.07, 6.45) is 4.17. The molecule has 6 nitrogen and oxygen atoms in total. The zero-order chi connectivity index (χ0) is 18.1. The second-order valence-electron chi connectivity index (χ2n) is 6.27. The first kappa shape index (κ1) is 16.7. The molecule has 0 fully saturated rings. The molecule has 0 spiro atoms. The zero-order valence-corrected chi connectivity index (χ0v) is 14.8. The molecule has 4 rings (SSSR count). The minimum Gasteiger partial charge on any atom is -0.493 e. The Hall–Kier alpha value is -2.73. The van der Waals surface area contributed by atoms with Crippen LogP contribution in [-0.4, -0.2) is 19.2 Å². The second kappa shape index (κ2) is 6.88. The van der Waals surface area contributed by atoms with Crippen molar-refractivity contribution in [3.05, 3.63) is 69.4 Å². The molecule has 0 saturated carbocycles. The van der Waals surface area contributed by atoms with E-state index < -0.39 is 0 Å². The lowest BCUT2D eigenvalue weighted by molar-refractivity contribution is 0.294. The molecule has 3 heterocycles. The van der Waals surface area contributed by atoms with Gasteiger partial charge in [0.1, 0.15) is 6.61 Å². The Kier molecular flexibility index (Phi) is 4.42. The highest BCUT2D eigenvalue weighted by atomic mass is 35.5. The van der Waals surface area contributed by atoms with Gasteiger partial charge in [-0.3, -0.25) is 4.57 Å². The van der Waals surface area contributed by atoms with Gasteiger partial charge in [0.25, 0.3) is 0 Å². The third kappa shape index (κ3) is 3.08. The van der Waals surface area contributed by atoms with Crippen LogP contribution in [0.4, 0.5) is 0 Å². The van der Waals surface area contributed by atoms with Gasteiger partial charge in [0.15, 0.2) is 0 Å². The van der Waals surface area contributed by atoms with E-state index in [9.17, 15) is 9.90 Å². The largest absolute Gasteiger partial charge is 0.493 e. The molecule has 1 aliphatic heterocycles. The lowest BCUT2D eigenvalue weighted by Gasteiger charge is -2.11. The maximum Gasteiger partial charge on any atom is 0.335 e. The summed E-state index contributed by atoms with van der Waals surface area (Å²) >= 11 is 5.86. The molecular weight excluding hydrogens is 354 g/mol. The van der Waals surface area contributed by atoms with Gasteiger partial charge < -0.3 is 9.84 Å². The Balaban J connectivity index is 1.54. The van der Waals surface area contributed by atoms with E-state index in [-0.39, 0.29) is 11.6 Å². The summed E-state index contributed by atoms with van der Waals surface area (Å²) in [4.78, 5) is 16.8. The average molecular weight is 372 g/mol. The Morgan fingerprint density at radius 3 is 2.65 bits per heavy atom. The SMILES string of the molecule is O=c1n2c(c(O)n1-c1ccc(OCc3ccc(Cl)cc3)nc1)CCCC2. The summed E-state index contributed by atoms with van der Waals surface area (Å²) < 4.78 is 8.60. The molecule has 0 saturated heterocycles. The third-order valence-electron chi connectivity index (χ3n) is 4.54. The average Bonchev–Trinajstić information content (AvgIpc) is 2.93. The number of ether oxygens (including phenoxy) is 1. The minimum absolute atomic E-state index is 0.00586. The summed E-state index contributed by atoms with van der Waals surface area (Å²) in [7, 11) is 0. The molecule has 0 unspecified atom stereocenters. The maximum absolute atomic E-state index is 12.6. The fourth-order valence-electron chi connectivity index (χ4n) is 3.18. The molecule has 1 N–H and O–H groups in total. The summed E-state index contributed by atoms with van der Waals surface area (Å²) in [6, 6.07) is 10.8. The number of pyridine rings is 1. The van der Waals surface area contributed by atoms with Crippen molar-refractivity contribution < 1.29 is 9.84 Å². The normalized spacial score (nSPS) is 13.4. The van der Waals surface area contributed by atoms with Crippen molar-refractivity contribution in [2.45, 2.75) is 32.4 Å². The lowest BCUT2D eigenvalue weighted by atomic mass is 10.1. The van der Waals surface area contributed by atoms with E-state index >= 15 is 0 Å². The van der Waals surface area contributed by atoms with Crippen LogP contribution in [0.25, 0.3) is 5.69 Å². The number of hydrogen-bond acceptors (Lipinski definition) is 4. The van der Waals surface area contributed by atoms with E-state index in [0.29, 0.717) is 41.9 Å². The van der Waals surface area contributed by atoms with Crippen molar-refractivity contribution >= 4 is 11.6 Å². The van der Waals surface area contributed by atoms with Crippen LogP contribution < -0.4 is 10.4 Å². The molecule has 7 heteroatoms. The minimum atomic E-state index is -0.228. The maximum atomic E-state index is 12.6. The first-order valence-electron chi connectivity index (χ1n) is 8.50. The molecule has 3 aromatic rings. The van der Waals surface area contributed by atoms with Crippen molar-refractivity contribution in [1.82, 2.24) is 14.1 Å². The van der Waals surface area contributed by atoms with Crippen LogP contribution in [0.5, 0.6) is 11.8 Å². The Bertz CT molecular complexity index is 975. The van der Waals surface area contributed by atoms with Crippen LogP contribution in [0.15, 0.2) is 47.4 Å². The number of fused-ring (bicyclic) bond motifs is 1. The number of nitrogens with zero attached hydrogens (tertiary/aromatic N) is 3. The van der Waals surface area contributed by atoms with Gasteiger partial charge in [-0.1, -0.05) is 23.7 Å². The predicted molar refractivity (Wildman–Crippen MR) is 98.2 cm³/mol. The summed E-state index contributed by atoms with van der Waals surface area (Å²) in [6.45, 7) is 1.01. The van der Waals surface area contributed by atoms with Gasteiger partial charge in [-0.05, 0) is 43.0 Å². The monoisotopic (exact) mass is 371 g/mol. The van der Waals surface area contributed by atoms with Gasteiger partial charge in [0, 0.05) is 17.6 Å². The van der Waals surface area contributed by atoms with E-state index in [1.165, 1.54) is 10.8 Å². The van der Waals surface area contributed by atoms with Crippen LogP contribution in [0.2, 0.25) is 5.02 Å². The Morgan fingerprint density at radius 1 is 1.15 bits per heavy atom. The number of aromatic hydroxyl groups is 1. The molecular formula is C19H18ClN3O3. The number of imidazole rings is 1. The molecule has 2 aromatic heterocycles. The second-order valence-corrected chi connectivity index (χ2v) is 6.70. The van der Waals surface area contributed by atoms with Crippen molar-refractivity contribution in [3.8, 4) is 17.4 Å². The molecule has 0 radical (unpaired) electrons. The number of halogens is 1. The summed E-state index contributed by atoms with van der Waals surface area (Å²) in [5, 5.41) is 11.1. The molecule has 1 aliphatic rings. The van der Waals surface area contributed by atoms with Crippen molar-refractivity contribution in [1.29, 1.82) is 0 Å². The van der Waals surface area contributed by atoms with Gasteiger partial charge >= 0.3 is 5.69 Å². The molecule has 26 heavy (non-hydrogen) atoms. The summed E-state index contributed by atoms with van der Waals surface area (Å²) in [5.41, 5.74) is 1.97. The van der Waals surface area contributed by atoms with E-state index in [4.69, 9.17) is 16.3 Å². The number of hydrogen-bond donors (Lipinski definition) is 1. The standard InChI is InChI=1S/C19H18ClN3O3/c20-14-6-4-13(5-7-14)12-26-17-9-8-15(11-21-17)23-18(24)16-3-1-2-10-22(16)19(23)25/h4-9,11,24H,1-3,10,12H2. The highest BCUT2D eigenvalue weighted by molar-refractivity contribution is 6.30. The van der Waals surface area contributed by atoms with Crippen LogP contribution in [0.3, 0.4) is 0 Å². The van der Waals surface area contributed by atoms with Gasteiger partial charge in [-0.25, -0.2) is 14.3 Å². The Labute approximate surface area is 155 Å². The number of benzene rings is 1. The summed E-state index contributed by atoms with van der Waals surface area (Å²) in [5.74, 6) is 0.451. The number of aromatic nitrogens is 3. The van der Waals surface area contributed by atoms with E-state index in [0.717, 1.165) is 18.4 Å². The van der Waals surface area contributed by atoms with E-state index in [1.54, 1.807) is 28.8 Å². The highest BCUT2D eigenvalue weighted by Gasteiger charge is 2.22. The van der Waals surface area contributed by atoms with Gasteiger partial charge in [0.2, 0.25) is 11.8 Å². The smallest absolute Gasteiger partial charge is 0.335 e. The first-order chi connectivity index (χ1) is 12.6. The number of rotatable bonds is 4. The van der Waals surface area contributed by atoms with Crippen molar-refractivity contribution in [2.24, 2.45) is 0 Å². The van der Waals surface area contributed by atoms with Crippen LogP contribution >= 0.6 is 11.6 Å². The van der Waals surface area contributed by atoms with Crippen molar-refractivity contribution in [3.63, 3.8) is 0 Å². The molecule has 0 aliphatic carbocycles. The fraction of sp³-hybridized carbons (Fsp3) is 0.263. The predicted octanol–water partition coefficient (Wildman–Crippen LogP) is 3.31. The van der Waals surface area contributed by atoms with Gasteiger partial charge in [-0.15, -0.1) is 0 Å². The lowest BCUT2D eigenvalue weighted by Crippen LogP contribution is -2.26. The molecule has 0 bridgehead atoms. The van der Waals surface area contributed by atoms with Gasteiger partial charge in [0.05, 0.1) is 17.6 Å². The van der Waals surface area contributed by atoms with E-state index in [1.807, 2.05) is 12.1 Å². The Morgan fingerprint density at radius 2 is 1.96 bits per heavy atom. The van der Waals surface area contributed by atoms with Crippen LogP contribution in [0.1, 0.15) is 24.1 Å². The topological polar surface area (TPSA) is 69.3 Å². The zero-order valence-electron chi connectivity index (χ0n) is 14.1. The molecule has 0 amide bonds. The third-order valence-corrected chi connectivity index (χ3v) is 4.79.